The predicted molar refractivity (Wildman–Crippen MR) is 89.9 cm³/mol. The van der Waals surface area contributed by atoms with E-state index >= 15 is 0 Å². The maximum absolute atomic E-state index is 5.78. The molecule has 100 valence electrons. The molecule has 3 nitrogen and oxygen atoms in total. The zero-order chi connectivity index (χ0) is 13.7. The molecule has 3 aromatic rings. The minimum Gasteiger partial charge on any atom is -0.491 e. The molecular formula is C15H11IN2OS. The third-order valence-corrected chi connectivity index (χ3v) is 4.63. The van der Waals surface area contributed by atoms with Crippen LogP contribution in [0.15, 0.2) is 42.5 Å². The molecule has 0 spiro atoms. The molecule has 4 rings (SSSR count). The number of H-pyrrole nitrogens is 1. The summed E-state index contributed by atoms with van der Waals surface area (Å²) in [5, 5.41) is 0. The van der Waals surface area contributed by atoms with Crippen LogP contribution in [0.5, 0.6) is 5.75 Å². The molecule has 1 aliphatic heterocycles. The molecule has 1 unspecified atom stereocenters. The molecule has 0 bridgehead atoms. The third-order valence-electron chi connectivity index (χ3n) is 3.66. The maximum Gasteiger partial charge on any atom is 0.178 e. The Kier molecular flexibility index (Phi) is 2.85. The normalized spacial score (nSPS) is 17.1. The fraction of sp³-hybridized carbons (Fsp3) is 0.133. The number of halogens is 1. The van der Waals surface area contributed by atoms with Crippen LogP contribution in [0.3, 0.4) is 0 Å². The van der Waals surface area contributed by atoms with Gasteiger partial charge in [0.25, 0.3) is 0 Å². The summed E-state index contributed by atoms with van der Waals surface area (Å²) in [5.41, 5.74) is 3.40. The minimum absolute atomic E-state index is 0.146. The summed E-state index contributed by atoms with van der Waals surface area (Å²) in [4.78, 5) is 3.29. The average molecular weight is 394 g/mol. The number of ether oxygens (including phenoxy) is 1. The van der Waals surface area contributed by atoms with Crippen molar-refractivity contribution in [3.05, 3.63) is 56.4 Å². The Morgan fingerprint density at radius 2 is 2.10 bits per heavy atom. The van der Waals surface area contributed by atoms with Gasteiger partial charge >= 0.3 is 0 Å². The van der Waals surface area contributed by atoms with E-state index in [1.54, 1.807) is 0 Å². The van der Waals surface area contributed by atoms with Gasteiger partial charge in [-0.15, -0.1) is 0 Å². The van der Waals surface area contributed by atoms with Gasteiger partial charge in [-0.2, -0.15) is 0 Å². The highest BCUT2D eigenvalue weighted by Gasteiger charge is 2.27. The van der Waals surface area contributed by atoms with Crippen molar-refractivity contribution in [2.45, 2.75) is 6.04 Å². The van der Waals surface area contributed by atoms with Gasteiger partial charge in [0, 0.05) is 9.13 Å². The molecule has 20 heavy (non-hydrogen) atoms. The lowest BCUT2D eigenvalue weighted by Crippen LogP contribution is -2.12. The third kappa shape index (κ3) is 1.80. The van der Waals surface area contributed by atoms with Crippen LogP contribution in [0.25, 0.3) is 11.0 Å². The quantitative estimate of drug-likeness (QED) is 0.493. The highest BCUT2D eigenvalue weighted by atomic mass is 127. The highest BCUT2D eigenvalue weighted by Crippen LogP contribution is 2.36. The van der Waals surface area contributed by atoms with E-state index in [2.05, 4.69) is 56.4 Å². The van der Waals surface area contributed by atoms with Crippen molar-refractivity contribution in [1.29, 1.82) is 0 Å². The van der Waals surface area contributed by atoms with Gasteiger partial charge in [-0.25, -0.2) is 0 Å². The first-order valence-corrected chi connectivity index (χ1v) is 7.84. The van der Waals surface area contributed by atoms with Gasteiger partial charge in [-0.05, 0) is 59.1 Å². The number of aromatic amines is 1. The Balaban J connectivity index is 1.96. The zero-order valence-corrected chi connectivity index (χ0v) is 13.4. The number of benzene rings is 2. The molecule has 1 atom stereocenters. The van der Waals surface area contributed by atoms with Crippen LogP contribution in [0, 0.1) is 8.34 Å². The van der Waals surface area contributed by atoms with Gasteiger partial charge < -0.3 is 14.3 Å². The molecule has 0 saturated carbocycles. The van der Waals surface area contributed by atoms with Crippen molar-refractivity contribution in [2.75, 3.05) is 6.61 Å². The Morgan fingerprint density at radius 3 is 3.00 bits per heavy atom. The first kappa shape index (κ1) is 12.4. The second kappa shape index (κ2) is 4.60. The summed E-state index contributed by atoms with van der Waals surface area (Å²) in [7, 11) is 0. The topological polar surface area (TPSA) is 29.9 Å². The standard InChI is InChI=1S/C15H11IN2OS/c16-9-5-6-12-11(7-9)17-15(20)18(12)13-8-19-14-4-2-1-3-10(13)14/h1-7,13H,8H2,(H,17,20). The molecule has 2 heterocycles. The smallest absolute Gasteiger partial charge is 0.178 e. The van der Waals surface area contributed by atoms with Crippen LogP contribution in [0.1, 0.15) is 11.6 Å². The first-order valence-electron chi connectivity index (χ1n) is 6.35. The Labute approximate surface area is 134 Å². The van der Waals surface area contributed by atoms with Gasteiger partial charge in [0.05, 0.1) is 17.1 Å². The van der Waals surface area contributed by atoms with Gasteiger partial charge in [0.2, 0.25) is 0 Å². The number of nitrogens with one attached hydrogen (secondary N) is 1. The number of fused-ring (bicyclic) bond motifs is 2. The number of aromatic nitrogens is 2. The Hall–Kier alpha value is -1.34. The van der Waals surface area contributed by atoms with Crippen LogP contribution in [0.2, 0.25) is 0 Å². The molecule has 1 N–H and O–H groups in total. The molecule has 0 saturated heterocycles. The van der Waals surface area contributed by atoms with Crippen molar-refractivity contribution in [2.24, 2.45) is 0 Å². The molecule has 0 fully saturated rings. The van der Waals surface area contributed by atoms with E-state index in [9.17, 15) is 0 Å². The van der Waals surface area contributed by atoms with E-state index in [-0.39, 0.29) is 6.04 Å². The van der Waals surface area contributed by atoms with Crippen molar-refractivity contribution >= 4 is 45.8 Å². The summed E-state index contributed by atoms with van der Waals surface area (Å²) in [6.45, 7) is 0.632. The van der Waals surface area contributed by atoms with Crippen LogP contribution in [0.4, 0.5) is 0 Å². The number of hydrogen-bond acceptors (Lipinski definition) is 2. The van der Waals surface area contributed by atoms with E-state index in [1.165, 1.54) is 9.13 Å². The molecule has 0 aliphatic carbocycles. The van der Waals surface area contributed by atoms with Gasteiger partial charge in [0.15, 0.2) is 4.77 Å². The fourth-order valence-electron chi connectivity index (χ4n) is 2.77. The molecule has 0 radical (unpaired) electrons. The van der Waals surface area contributed by atoms with Gasteiger partial charge in [-0.3, -0.25) is 0 Å². The lowest BCUT2D eigenvalue weighted by molar-refractivity contribution is 0.318. The Bertz CT molecular complexity index is 868. The lowest BCUT2D eigenvalue weighted by atomic mass is 10.1. The van der Waals surface area contributed by atoms with Crippen molar-refractivity contribution < 1.29 is 4.74 Å². The van der Waals surface area contributed by atoms with Crippen LogP contribution in [-0.2, 0) is 0 Å². The van der Waals surface area contributed by atoms with Crippen molar-refractivity contribution in [3.8, 4) is 5.75 Å². The number of rotatable bonds is 1. The van der Waals surface area contributed by atoms with Gasteiger partial charge in [0.1, 0.15) is 12.4 Å². The van der Waals surface area contributed by atoms with Gasteiger partial charge in [-0.1, -0.05) is 18.2 Å². The Morgan fingerprint density at radius 1 is 1.25 bits per heavy atom. The fourth-order valence-corrected chi connectivity index (χ4v) is 3.60. The molecule has 5 heteroatoms. The van der Waals surface area contributed by atoms with E-state index < -0.39 is 0 Å². The van der Waals surface area contributed by atoms with Crippen LogP contribution >= 0.6 is 34.8 Å². The summed E-state index contributed by atoms with van der Waals surface area (Å²) in [6, 6.07) is 14.6. The molecular weight excluding hydrogens is 383 g/mol. The van der Waals surface area contributed by atoms with E-state index in [4.69, 9.17) is 17.0 Å². The second-order valence-corrected chi connectivity index (χ2v) is 6.46. The maximum atomic E-state index is 5.78. The second-order valence-electron chi connectivity index (χ2n) is 4.83. The average Bonchev–Trinajstić information content (AvgIpc) is 2.98. The van der Waals surface area contributed by atoms with Crippen molar-refractivity contribution in [3.63, 3.8) is 0 Å². The minimum atomic E-state index is 0.146. The molecule has 1 aliphatic rings. The van der Waals surface area contributed by atoms with Crippen molar-refractivity contribution in [1.82, 2.24) is 9.55 Å². The molecule has 1 aromatic heterocycles. The number of imidazole rings is 1. The van der Waals surface area contributed by atoms with E-state index in [1.807, 2.05) is 18.2 Å². The molecule has 0 amide bonds. The van der Waals surface area contributed by atoms with E-state index in [0.717, 1.165) is 21.6 Å². The van der Waals surface area contributed by atoms with E-state index in [0.29, 0.717) is 6.61 Å². The lowest BCUT2D eigenvalue weighted by Gasteiger charge is -2.12. The predicted octanol–water partition coefficient (Wildman–Crippen LogP) is 4.29. The van der Waals surface area contributed by atoms with Crippen LogP contribution in [-0.4, -0.2) is 16.2 Å². The highest BCUT2D eigenvalue weighted by molar-refractivity contribution is 14.1. The largest absolute Gasteiger partial charge is 0.491 e. The SMILES string of the molecule is S=c1[nH]c2cc(I)ccc2n1C1COc2ccccc21. The number of nitrogens with zero attached hydrogens (tertiary/aromatic N) is 1. The number of para-hydroxylation sites is 1. The zero-order valence-electron chi connectivity index (χ0n) is 10.5. The monoisotopic (exact) mass is 394 g/mol. The number of hydrogen-bond donors (Lipinski definition) is 1. The first-order chi connectivity index (χ1) is 9.74. The molecule has 2 aromatic carbocycles. The van der Waals surface area contributed by atoms with Crippen LogP contribution < -0.4 is 4.74 Å². The summed E-state index contributed by atoms with van der Waals surface area (Å²) >= 11 is 7.82. The summed E-state index contributed by atoms with van der Waals surface area (Å²) in [6.07, 6.45) is 0. The summed E-state index contributed by atoms with van der Waals surface area (Å²) in [5.74, 6) is 0.958. The summed E-state index contributed by atoms with van der Waals surface area (Å²) < 4.78 is 9.88.